The van der Waals surface area contributed by atoms with E-state index in [4.69, 9.17) is 9.47 Å². The largest absolute Gasteiger partial charge is 0.507 e. The van der Waals surface area contributed by atoms with Gasteiger partial charge in [-0.25, -0.2) is 0 Å². The van der Waals surface area contributed by atoms with E-state index in [1.54, 1.807) is 0 Å². The fraction of sp³-hybridized carbons (Fsp3) is 0.846. The molecule has 0 aromatic heterocycles. The van der Waals surface area contributed by atoms with Crippen LogP contribution < -0.4 is 0 Å². The lowest BCUT2D eigenvalue weighted by Crippen LogP contribution is -2.31. The van der Waals surface area contributed by atoms with Crippen LogP contribution in [0.4, 0.5) is 0 Å². The summed E-state index contributed by atoms with van der Waals surface area (Å²) in [5, 5.41) is 11.1. The summed E-state index contributed by atoms with van der Waals surface area (Å²) < 4.78 is 11.5. The molecule has 0 fully saturated rings. The molecule has 0 spiro atoms. The first-order valence-electron chi connectivity index (χ1n) is 24.7. The van der Waals surface area contributed by atoms with Crippen molar-refractivity contribution in [3.05, 3.63) is 28.3 Å². The zero-order valence-electron chi connectivity index (χ0n) is 39.0. The van der Waals surface area contributed by atoms with E-state index in [2.05, 4.69) is 34.6 Å². The fourth-order valence-corrected chi connectivity index (χ4v) is 8.21. The van der Waals surface area contributed by atoms with Gasteiger partial charge >= 0.3 is 11.9 Å². The average Bonchev–Trinajstić information content (AvgIpc) is 3.18. The third-order valence-corrected chi connectivity index (χ3v) is 12.2. The van der Waals surface area contributed by atoms with Crippen molar-refractivity contribution in [2.24, 2.45) is 5.92 Å². The monoisotopic (exact) mass is 799 g/mol. The molecule has 57 heavy (non-hydrogen) atoms. The molecule has 1 aromatic carbocycles. The van der Waals surface area contributed by atoms with Gasteiger partial charge in [0.2, 0.25) is 0 Å². The summed E-state index contributed by atoms with van der Waals surface area (Å²) in [6.07, 6.45) is 41.5. The summed E-state index contributed by atoms with van der Waals surface area (Å²) in [7, 11) is 0. The van der Waals surface area contributed by atoms with Crippen molar-refractivity contribution in [2.75, 3.05) is 13.2 Å². The topological polar surface area (TPSA) is 72.8 Å². The van der Waals surface area contributed by atoms with Crippen LogP contribution in [0, 0.1) is 19.8 Å². The number of phenols is 1. The Bertz CT molecular complexity index is 1080. The zero-order valence-corrected chi connectivity index (χ0v) is 39.0. The second kappa shape index (κ2) is 34.8. The molecule has 0 unspecified atom stereocenters. The summed E-state index contributed by atoms with van der Waals surface area (Å²) >= 11 is 0. The van der Waals surface area contributed by atoms with Crippen LogP contribution in [-0.2, 0) is 30.9 Å². The minimum atomic E-state index is -1.04. The Morgan fingerprint density at radius 3 is 1.07 bits per heavy atom. The molecule has 1 N–H and O–H groups in total. The molecule has 0 amide bonds. The molecular formula is C52H94O5. The molecule has 0 heterocycles. The maximum absolute atomic E-state index is 13.5. The first-order valence-corrected chi connectivity index (χ1v) is 24.7. The SMILES string of the molecule is CCCCCCCCCCCCCCCCCCOC(=O)C(Cc1c(C)cc(C(C)(C)C)c(O)c1C)C(=O)OCCCCCCCCCCCCCCCCCC. The number of ether oxygens (including phenoxy) is 2. The van der Waals surface area contributed by atoms with Gasteiger partial charge in [-0.2, -0.15) is 0 Å². The van der Waals surface area contributed by atoms with Gasteiger partial charge in [-0.05, 0) is 60.8 Å². The third-order valence-electron chi connectivity index (χ3n) is 12.2. The Morgan fingerprint density at radius 2 is 0.789 bits per heavy atom. The molecule has 0 aliphatic carbocycles. The number of unbranched alkanes of at least 4 members (excludes halogenated alkanes) is 30. The molecule has 1 aromatic rings. The average molecular weight is 799 g/mol. The standard InChI is InChI=1S/C52H94O5/c1-8-10-12-14-16-18-20-22-24-26-28-30-32-34-36-38-40-56-50(54)47(43-46-44(3)42-48(52(5,6)7)49(53)45(46)4)51(55)57-41-39-37-35-33-31-29-27-25-23-21-19-17-15-13-11-9-2/h42,47,53H,8-41,43H2,1-7H3. The van der Waals surface area contributed by atoms with E-state index in [1.165, 1.54) is 167 Å². The van der Waals surface area contributed by atoms with Crippen molar-refractivity contribution in [2.45, 2.75) is 266 Å². The predicted molar refractivity (Wildman–Crippen MR) is 244 cm³/mol. The summed E-state index contributed by atoms with van der Waals surface area (Å²) in [6.45, 7) is 15.3. The number of hydrogen-bond donors (Lipinski definition) is 1. The Hall–Kier alpha value is -2.04. The van der Waals surface area contributed by atoms with Crippen LogP contribution in [0.2, 0.25) is 0 Å². The fourth-order valence-electron chi connectivity index (χ4n) is 8.21. The van der Waals surface area contributed by atoms with E-state index in [9.17, 15) is 14.7 Å². The highest BCUT2D eigenvalue weighted by molar-refractivity contribution is 5.95. The molecule has 0 atom stereocenters. The van der Waals surface area contributed by atoms with Gasteiger partial charge in [0.15, 0.2) is 5.92 Å². The smallest absolute Gasteiger partial charge is 0.320 e. The van der Waals surface area contributed by atoms with Crippen molar-refractivity contribution in [1.29, 1.82) is 0 Å². The molecule has 332 valence electrons. The number of phenolic OH excluding ortho intramolecular Hbond substituents is 1. The lowest BCUT2D eigenvalue weighted by atomic mass is 9.81. The first-order chi connectivity index (χ1) is 27.5. The molecule has 0 saturated carbocycles. The van der Waals surface area contributed by atoms with Crippen molar-refractivity contribution in [3.63, 3.8) is 0 Å². The number of esters is 2. The van der Waals surface area contributed by atoms with Crippen molar-refractivity contribution in [1.82, 2.24) is 0 Å². The number of aryl methyl sites for hydroxylation is 1. The van der Waals surface area contributed by atoms with E-state index in [-0.39, 0.29) is 17.6 Å². The Balaban J connectivity index is 2.43. The van der Waals surface area contributed by atoms with Crippen LogP contribution in [0.3, 0.4) is 0 Å². The summed E-state index contributed by atoms with van der Waals surface area (Å²) in [5.74, 6) is -1.81. The van der Waals surface area contributed by atoms with Crippen molar-refractivity contribution >= 4 is 11.9 Å². The number of carbonyl (C=O) groups is 2. The molecule has 1 rings (SSSR count). The van der Waals surface area contributed by atoms with Gasteiger partial charge in [-0.15, -0.1) is 0 Å². The molecule has 0 bridgehead atoms. The molecular weight excluding hydrogens is 705 g/mol. The number of rotatable bonds is 38. The van der Waals surface area contributed by atoms with Crippen LogP contribution in [0.5, 0.6) is 5.75 Å². The zero-order chi connectivity index (χ0) is 42.0. The maximum atomic E-state index is 13.5. The summed E-state index contributed by atoms with van der Waals surface area (Å²) in [4.78, 5) is 27.0. The van der Waals surface area contributed by atoms with E-state index in [0.29, 0.717) is 13.2 Å². The third kappa shape index (κ3) is 26.6. The molecule has 0 radical (unpaired) electrons. The molecule has 0 aliphatic heterocycles. The highest BCUT2D eigenvalue weighted by Gasteiger charge is 2.32. The molecule has 5 nitrogen and oxygen atoms in total. The van der Waals surface area contributed by atoms with Crippen LogP contribution in [0.15, 0.2) is 6.07 Å². The van der Waals surface area contributed by atoms with Crippen molar-refractivity contribution < 1.29 is 24.2 Å². The number of hydrogen-bond acceptors (Lipinski definition) is 5. The van der Waals surface area contributed by atoms with E-state index < -0.39 is 17.9 Å². The van der Waals surface area contributed by atoms with E-state index in [1.807, 2.05) is 19.9 Å². The number of benzene rings is 1. The van der Waals surface area contributed by atoms with E-state index in [0.717, 1.165) is 60.8 Å². The molecule has 0 saturated heterocycles. The summed E-state index contributed by atoms with van der Waals surface area (Å²) in [5.41, 5.74) is 3.16. The van der Waals surface area contributed by atoms with Gasteiger partial charge in [0, 0.05) is 0 Å². The highest BCUT2D eigenvalue weighted by atomic mass is 16.6. The van der Waals surface area contributed by atoms with Crippen LogP contribution in [-0.4, -0.2) is 30.3 Å². The molecule has 5 heteroatoms. The maximum Gasteiger partial charge on any atom is 0.320 e. The first kappa shape index (κ1) is 53.0. The van der Waals surface area contributed by atoms with Crippen LogP contribution in [0.1, 0.15) is 262 Å². The Labute approximate surface area is 354 Å². The van der Waals surface area contributed by atoms with Gasteiger partial charge in [-0.3, -0.25) is 9.59 Å². The van der Waals surface area contributed by atoms with Gasteiger partial charge < -0.3 is 14.6 Å². The molecule has 0 aliphatic rings. The Kier molecular flexibility index (Phi) is 32.3. The lowest BCUT2D eigenvalue weighted by Gasteiger charge is -2.25. The quantitative estimate of drug-likeness (QED) is 0.0410. The Morgan fingerprint density at radius 1 is 0.509 bits per heavy atom. The van der Waals surface area contributed by atoms with Gasteiger partial charge in [0.05, 0.1) is 13.2 Å². The minimum absolute atomic E-state index is 0.172. The summed E-state index contributed by atoms with van der Waals surface area (Å²) in [6, 6.07) is 2.00. The van der Waals surface area contributed by atoms with Crippen LogP contribution >= 0.6 is 0 Å². The van der Waals surface area contributed by atoms with Gasteiger partial charge in [-0.1, -0.05) is 233 Å². The normalized spacial score (nSPS) is 11.8. The predicted octanol–water partition coefficient (Wildman–Crippen LogP) is 16.1. The second-order valence-corrected chi connectivity index (χ2v) is 18.6. The van der Waals surface area contributed by atoms with E-state index >= 15 is 0 Å². The van der Waals surface area contributed by atoms with Gasteiger partial charge in [0.1, 0.15) is 5.75 Å². The van der Waals surface area contributed by atoms with Crippen molar-refractivity contribution in [3.8, 4) is 5.75 Å². The number of carbonyl (C=O) groups excluding carboxylic acids is 2. The van der Waals surface area contributed by atoms with Crippen LogP contribution in [0.25, 0.3) is 0 Å². The minimum Gasteiger partial charge on any atom is -0.507 e. The highest BCUT2D eigenvalue weighted by Crippen LogP contribution is 2.37. The lowest BCUT2D eigenvalue weighted by molar-refractivity contribution is -0.162. The second-order valence-electron chi connectivity index (χ2n) is 18.6. The van der Waals surface area contributed by atoms with Gasteiger partial charge in [0.25, 0.3) is 0 Å². The number of aromatic hydroxyl groups is 1.